The summed E-state index contributed by atoms with van der Waals surface area (Å²) in [5, 5.41) is 9.40. The van der Waals surface area contributed by atoms with Gasteiger partial charge in [0.2, 0.25) is 0 Å². The first-order valence-electron chi connectivity index (χ1n) is 10.4. The van der Waals surface area contributed by atoms with Gasteiger partial charge in [0.1, 0.15) is 24.0 Å². The first kappa shape index (κ1) is 23.5. The Morgan fingerprint density at radius 1 is 1.03 bits per heavy atom. The fourth-order valence-electron chi connectivity index (χ4n) is 3.99. The zero-order chi connectivity index (χ0) is 24.2. The summed E-state index contributed by atoms with van der Waals surface area (Å²) >= 11 is 6.23. The Labute approximate surface area is 199 Å². The molecule has 1 N–H and O–H groups in total. The lowest BCUT2D eigenvalue weighted by atomic mass is 9.88. The highest BCUT2D eigenvalue weighted by molar-refractivity contribution is 6.30. The zero-order valence-corrected chi connectivity index (χ0v) is 18.6. The molecule has 1 heterocycles. The minimum Gasteiger partial charge on any atom is -0.482 e. The Kier molecular flexibility index (Phi) is 6.98. The summed E-state index contributed by atoms with van der Waals surface area (Å²) < 4.78 is 38.3. The van der Waals surface area contributed by atoms with E-state index in [0.717, 1.165) is 0 Å². The maximum absolute atomic E-state index is 13.9. The molecule has 1 aliphatic heterocycles. The maximum Gasteiger partial charge on any atom is 0.410 e. The number of carboxylic acids is 1. The summed E-state index contributed by atoms with van der Waals surface area (Å²) in [5.74, 6) is -1.80. The molecule has 1 amide bonds. The summed E-state index contributed by atoms with van der Waals surface area (Å²) in [6.07, 6.45) is -0.293. The van der Waals surface area contributed by atoms with Crippen LogP contribution in [0.25, 0.3) is 0 Å². The summed E-state index contributed by atoms with van der Waals surface area (Å²) in [7, 11) is 0. The number of aliphatic carboxylic acids is 1. The lowest BCUT2D eigenvalue weighted by molar-refractivity contribution is -0.139. The van der Waals surface area contributed by atoms with Crippen LogP contribution in [0, 0.1) is 11.6 Å². The van der Waals surface area contributed by atoms with E-state index in [0.29, 0.717) is 33.7 Å². The SMILES string of the molecule is O=C(O)COc1ccc(Cl)cc1[C@@H]1c2ccc(F)cc2CCN1C(=O)OCc1cccc(F)c1. The van der Waals surface area contributed by atoms with Crippen molar-refractivity contribution in [2.75, 3.05) is 13.2 Å². The predicted octanol–water partition coefficient (Wildman–Crippen LogP) is 5.37. The highest BCUT2D eigenvalue weighted by Gasteiger charge is 2.35. The largest absolute Gasteiger partial charge is 0.482 e. The van der Waals surface area contributed by atoms with Gasteiger partial charge in [-0.25, -0.2) is 18.4 Å². The van der Waals surface area contributed by atoms with Gasteiger partial charge in [-0.3, -0.25) is 4.90 Å². The first-order valence-corrected chi connectivity index (χ1v) is 10.8. The smallest absolute Gasteiger partial charge is 0.410 e. The third-order valence-electron chi connectivity index (χ3n) is 5.44. The van der Waals surface area contributed by atoms with Crippen molar-refractivity contribution in [1.29, 1.82) is 0 Å². The van der Waals surface area contributed by atoms with Gasteiger partial charge in [0, 0.05) is 17.1 Å². The third kappa shape index (κ3) is 5.28. The van der Waals surface area contributed by atoms with E-state index in [1.165, 1.54) is 41.3 Å². The number of hydrogen-bond donors (Lipinski definition) is 1. The molecule has 9 heteroatoms. The van der Waals surface area contributed by atoms with Crippen LogP contribution in [0.2, 0.25) is 5.02 Å². The molecule has 176 valence electrons. The normalized spacial score (nSPS) is 14.9. The predicted molar refractivity (Wildman–Crippen MR) is 120 cm³/mol. The number of fused-ring (bicyclic) bond motifs is 1. The van der Waals surface area contributed by atoms with Crippen molar-refractivity contribution in [1.82, 2.24) is 4.90 Å². The van der Waals surface area contributed by atoms with E-state index in [4.69, 9.17) is 26.2 Å². The van der Waals surface area contributed by atoms with Crippen LogP contribution in [-0.2, 0) is 22.6 Å². The molecule has 0 saturated carbocycles. The molecule has 0 spiro atoms. The zero-order valence-electron chi connectivity index (χ0n) is 17.8. The molecule has 1 atom stereocenters. The number of carbonyl (C=O) groups is 2. The van der Waals surface area contributed by atoms with Gasteiger partial charge in [0.25, 0.3) is 0 Å². The molecule has 34 heavy (non-hydrogen) atoms. The Morgan fingerprint density at radius 3 is 2.59 bits per heavy atom. The molecule has 3 aromatic carbocycles. The number of benzene rings is 3. The summed E-state index contributed by atoms with van der Waals surface area (Å²) in [5.41, 5.74) is 2.25. The second-order valence-electron chi connectivity index (χ2n) is 7.74. The maximum atomic E-state index is 13.9. The Morgan fingerprint density at radius 2 is 1.82 bits per heavy atom. The lowest BCUT2D eigenvalue weighted by Crippen LogP contribution is -2.41. The molecule has 0 unspecified atom stereocenters. The molecule has 0 bridgehead atoms. The molecule has 0 aliphatic carbocycles. The van der Waals surface area contributed by atoms with Crippen molar-refractivity contribution >= 4 is 23.7 Å². The van der Waals surface area contributed by atoms with Crippen LogP contribution in [0.4, 0.5) is 13.6 Å². The van der Waals surface area contributed by atoms with E-state index in [2.05, 4.69) is 0 Å². The highest BCUT2D eigenvalue weighted by atomic mass is 35.5. The number of hydrogen-bond acceptors (Lipinski definition) is 4. The van der Waals surface area contributed by atoms with Crippen LogP contribution in [-0.4, -0.2) is 35.2 Å². The van der Waals surface area contributed by atoms with Crippen LogP contribution in [0.15, 0.2) is 60.7 Å². The van der Waals surface area contributed by atoms with Crippen molar-refractivity contribution in [3.8, 4) is 5.75 Å². The van der Waals surface area contributed by atoms with Gasteiger partial charge < -0.3 is 14.6 Å². The van der Waals surface area contributed by atoms with Crippen LogP contribution >= 0.6 is 11.6 Å². The molecular formula is C25H20ClF2NO5. The van der Waals surface area contributed by atoms with E-state index in [1.54, 1.807) is 24.3 Å². The Balaban J connectivity index is 1.71. The van der Waals surface area contributed by atoms with Gasteiger partial charge in [0.05, 0.1) is 6.04 Å². The van der Waals surface area contributed by atoms with Gasteiger partial charge in [-0.2, -0.15) is 0 Å². The molecule has 0 fully saturated rings. The van der Waals surface area contributed by atoms with Crippen molar-refractivity contribution in [3.63, 3.8) is 0 Å². The summed E-state index contributed by atoms with van der Waals surface area (Å²) in [6, 6.07) is 13.9. The van der Waals surface area contributed by atoms with E-state index < -0.39 is 36.3 Å². The average molecular weight is 488 g/mol. The molecular weight excluding hydrogens is 468 g/mol. The Bertz CT molecular complexity index is 1240. The summed E-state index contributed by atoms with van der Waals surface area (Å²) in [6.45, 7) is -0.538. The number of halogens is 3. The van der Waals surface area contributed by atoms with Crippen molar-refractivity contribution in [2.24, 2.45) is 0 Å². The minimum atomic E-state index is -1.17. The minimum absolute atomic E-state index is 0.145. The van der Waals surface area contributed by atoms with Gasteiger partial charge in [-0.15, -0.1) is 0 Å². The molecule has 6 nitrogen and oxygen atoms in total. The number of amides is 1. The fourth-order valence-corrected chi connectivity index (χ4v) is 4.17. The quantitative estimate of drug-likeness (QED) is 0.506. The number of rotatable bonds is 6. The molecule has 0 radical (unpaired) electrons. The van der Waals surface area contributed by atoms with E-state index in [-0.39, 0.29) is 18.9 Å². The monoisotopic (exact) mass is 487 g/mol. The van der Waals surface area contributed by atoms with Gasteiger partial charge in [-0.05, 0) is 65.6 Å². The number of carboxylic acid groups (broad SMARTS) is 1. The standard InChI is InChI=1S/C25H20ClF2NO5/c26-17-4-7-22(33-14-23(30)31)21(12-17)24-20-6-5-19(28)11-16(20)8-9-29(24)25(32)34-13-15-2-1-3-18(27)10-15/h1-7,10-12,24H,8-9,13-14H2,(H,30,31)/t24-/m0/s1. The summed E-state index contributed by atoms with van der Waals surface area (Å²) in [4.78, 5) is 25.7. The van der Waals surface area contributed by atoms with Gasteiger partial charge in [-0.1, -0.05) is 29.8 Å². The first-order chi connectivity index (χ1) is 16.3. The molecule has 3 aromatic rings. The lowest BCUT2D eigenvalue weighted by Gasteiger charge is -2.37. The van der Waals surface area contributed by atoms with Gasteiger partial charge >= 0.3 is 12.1 Å². The van der Waals surface area contributed by atoms with Gasteiger partial charge in [0.15, 0.2) is 6.61 Å². The number of ether oxygens (including phenoxy) is 2. The van der Waals surface area contributed by atoms with Crippen LogP contribution in [0.1, 0.15) is 28.3 Å². The van der Waals surface area contributed by atoms with E-state index in [9.17, 15) is 18.4 Å². The van der Waals surface area contributed by atoms with E-state index >= 15 is 0 Å². The molecule has 1 aliphatic rings. The fraction of sp³-hybridized carbons (Fsp3) is 0.200. The van der Waals surface area contributed by atoms with Crippen molar-refractivity contribution < 1.29 is 33.0 Å². The van der Waals surface area contributed by atoms with Crippen molar-refractivity contribution in [2.45, 2.75) is 19.1 Å². The van der Waals surface area contributed by atoms with Crippen LogP contribution in [0.3, 0.4) is 0 Å². The van der Waals surface area contributed by atoms with E-state index in [1.807, 2.05) is 0 Å². The third-order valence-corrected chi connectivity index (χ3v) is 5.67. The van der Waals surface area contributed by atoms with Crippen LogP contribution in [0.5, 0.6) is 5.75 Å². The molecule has 0 aromatic heterocycles. The molecule has 0 saturated heterocycles. The van der Waals surface area contributed by atoms with Crippen LogP contribution < -0.4 is 4.74 Å². The average Bonchev–Trinajstić information content (AvgIpc) is 2.80. The second-order valence-corrected chi connectivity index (χ2v) is 8.17. The highest BCUT2D eigenvalue weighted by Crippen LogP contribution is 2.41. The number of carbonyl (C=O) groups excluding carboxylic acids is 1. The topological polar surface area (TPSA) is 76.1 Å². The van der Waals surface area contributed by atoms with Crippen molar-refractivity contribution in [3.05, 3.63) is 99.6 Å². The Hall–Kier alpha value is -3.65. The molecule has 4 rings (SSSR count). The number of nitrogens with zero attached hydrogens (tertiary/aromatic N) is 1. The second kappa shape index (κ2) is 10.1.